The highest BCUT2D eigenvalue weighted by Gasteiger charge is 1.92. The summed E-state index contributed by atoms with van der Waals surface area (Å²) in [5, 5.41) is 0. The highest BCUT2D eigenvalue weighted by Crippen LogP contribution is 2.25. The quantitative estimate of drug-likeness (QED) is 0.400. The molecule has 1 rings (SSSR count). The summed E-state index contributed by atoms with van der Waals surface area (Å²) in [6.45, 7) is 0. The van der Waals surface area contributed by atoms with Gasteiger partial charge in [0.1, 0.15) is 11.1 Å². The van der Waals surface area contributed by atoms with Crippen molar-refractivity contribution in [2.75, 3.05) is 5.75 Å². The summed E-state index contributed by atoms with van der Waals surface area (Å²) in [4.78, 5) is 0. The Morgan fingerprint density at radius 2 is 2.33 bits per heavy atom. The van der Waals surface area contributed by atoms with Crippen LogP contribution in [0, 0.1) is 0 Å². The van der Waals surface area contributed by atoms with Crippen LogP contribution in [-0.2, 0) is 4.18 Å². The van der Waals surface area contributed by atoms with Crippen LogP contribution in [0.1, 0.15) is 19.3 Å². The molecule has 3 heteroatoms. The van der Waals surface area contributed by atoms with Crippen LogP contribution in [0.4, 0.5) is 0 Å². The molecule has 0 aromatic carbocycles. The summed E-state index contributed by atoms with van der Waals surface area (Å²) in [6.07, 6.45) is 7.64. The van der Waals surface area contributed by atoms with Crippen LogP contribution < -0.4 is 0 Å². The van der Waals surface area contributed by atoms with Crippen LogP contribution in [-0.4, -0.2) is 5.75 Å². The van der Waals surface area contributed by atoms with E-state index >= 15 is 0 Å². The molecule has 0 amide bonds. The minimum atomic E-state index is 1.17. The molecule has 0 aromatic heterocycles. The third kappa shape index (κ3) is 3.76. The molecule has 0 atom stereocenters. The van der Waals surface area contributed by atoms with Gasteiger partial charge < -0.3 is 4.18 Å². The summed E-state index contributed by atoms with van der Waals surface area (Å²) in [6, 6.07) is 0. The average molecular weight is 162 g/mol. The van der Waals surface area contributed by atoms with Gasteiger partial charge >= 0.3 is 0 Å². The Hall–Kier alpha value is 0.240. The molecule has 1 aliphatic heterocycles. The molecule has 0 fully saturated rings. The van der Waals surface area contributed by atoms with E-state index in [1.807, 2.05) is 0 Å². The van der Waals surface area contributed by atoms with Crippen LogP contribution in [0.25, 0.3) is 0 Å². The Balaban J connectivity index is 2.15. The first-order valence-electron chi connectivity index (χ1n) is 3.10. The summed E-state index contributed by atoms with van der Waals surface area (Å²) < 4.78 is 5.05. The van der Waals surface area contributed by atoms with Crippen molar-refractivity contribution < 1.29 is 4.18 Å². The predicted molar refractivity (Wildman–Crippen MR) is 44.1 cm³/mol. The van der Waals surface area contributed by atoms with Gasteiger partial charge in [0, 0.05) is 5.75 Å². The summed E-state index contributed by atoms with van der Waals surface area (Å²) in [7, 11) is 1.79. The van der Waals surface area contributed by atoms with Crippen molar-refractivity contribution in [1.82, 2.24) is 0 Å². The van der Waals surface area contributed by atoms with E-state index in [1.165, 1.54) is 36.1 Å². The van der Waals surface area contributed by atoms with Gasteiger partial charge in [-0.05, 0) is 25.3 Å². The maximum atomic E-state index is 5.05. The summed E-state index contributed by atoms with van der Waals surface area (Å²) >= 11 is 1.47. The van der Waals surface area contributed by atoms with Gasteiger partial charge in [0.05, 0.1) is 6.26 Å². The van der Waals surface area contributed by atoms with E-state index in [2.05, 4.69) is 6.08 Å². The Labute approximate surface area is 63.8 Å². The normalized spacial score (nSPS) is 21.3. The van der Waals surface area contributed by atoms with Gasteiger partial charge in [-0.3, -0.25) is 0 Å². The Kier molecular flexibility index (Phi) is 4.13. The van der Waals surface area contributed by atoms with Crippen LogP contribution in [0.2, 0.25) is 0 Å². The molecule has 0 radical (unpaired) electrons. The van der Waals surface area contributed by atoms with Crippen molar-refractivity contribution in [1.29, 1.82) is 0 Å². The van der Waals surface area contributed by atoms with E-state index in [9.17, 15) is 0 Å². The lowest BCUT2D eigenvalue weighted by molar-refractivity contribution is 0.570. The number of rotatable bonds is 0. The Morgan fingerprint density at radius 1 is 1.33 bits per heavy atom. The van der Waals surface area contributed by atoms with E-state index < -0.39 is 0 Å². The first kappa shape index (κ1) is 7.35. The van der Waals surface area contributed by atoms with Gasteiger partial charge in [-0.1, -0.05) is 10.8 Å². The lowest BCUT2D eigenvalue weighted by Gasteiger charge is -1.93. The van der Waals surface area contributed by atoms with E-state index in [1.54, 1.807) is 17.1 Å². The van der Waals surface area contributed by atoms with Crippen LogP contribution in [0.5, 0.6) is 0 Å². The van der Waals surface area contributed by atoms with Gasteiger partial charge in [-0.2, -0.15) is 0 Å². The van der Waals surface area contributed by atoms with Crippen molar-refractivity contribution in [3.05, 3.63) is 12.3 Å². The van der Waals surface area contributed by atoms with Crippen LogP contribution >= 0.6 is 21.9 Å². The fourth-order valence-electron chi connectivity index (χ4n) is 0.615. The molecule has 0 spiro atoms. The zero-order valence-electron chi connectivity index (χ0n) is 5.21. The highest BCUT2D eigenvalue weighted by atomic mass is 33.1. The predicted octanol–water partition coefficient (Wildman–Crippen LogP) is 3.00. The lowest BCUT2D eigenvalue weighted by atomic mass is 10.2. The minimum Gasteiger partial charge on any atom is -0.422 e. The standard InChI is InChI=1S/C6H10OS2/c1-2-4-6-8-9-7-5-3-1/h3,5H,1-2,4,6H2. The van der Waals surface area contributed by atoms with Crippen LogP contribution in [0.15, 0.2) is 12.3 Å². The first-order valence-corrected chi connectivity index (χ1v) is 5.34. The molecule has 0 bridgehead atoms. The summed E-state index contributed by atoms with van der Waals surface area (Å²) in [5.74, 6) is 1.21. The third-order valence-corrected chi connectivity index (χ3v) is 2.85. The van der Waals surface area contributed by atoms with E-state index in [-0.39, 0.29) is 0 Å². The van der Waals surface area contributed by atoms with Crippen molar-refractivity contribution in [2.45, 2.75) is 19.3 Å². The first-order chi connectivity index (χ1) is 4.50. The number of hydrogen-bond acceptors (Lipinski definition) is 3. The zero-order valence-corrected chi connectivity index (χ0v) is 6.84. The molecule has 0 saturated heterocycles. The van der Waals surface area contributed by atoms with Crippen LogP contribution in [0.3, 0.4) is 0 Å². The minimum absolute atomic E-state index is 1.17. The van der Waals surface area contributed by atoms with Gasteiger partial charge in [0.25, 0.3) is 0 Å². The Bertz CT molecular complexity index is 83.1. The molecule has 1 heterocycles. The maximum Gasteiger partial charge on any atom is 0.125 e. The fraction of sp³-hybridized carbons (Fsp3) is 0.667. The molecule has 9 heavy (non-hydrogen) atoms. The molecule has 0 aliphatic carbocycles. The van der Waals surface area contributed by atoms with Crippen molar-refractivity contribution in [3.63, 3.8) is 0 Å². The lowest BCUT2D eigenvalue weighted by Crippen LogP contribution is -1.74. The zero-order chi connectivity index (χ0) is 6.36. The molecule has 0 N–H and O–H groups in total. The summed E-state index contributed by atoms with van der Waals surface area (Å²) in [5.41, 5.74) is 0. The smallest absolute Gasteiger partial charge is 0.125 e. The van der Waals surface area contributed by atoms with E-state index in [0.29, 0.717) is 0 Å². The monoisotopic (exact) mass is 162 g/mol. The van der Waals surface area contributed by atoms with Gasteiger partial charge in [-0.25, -0.2) is 0 Å². The second-order valence-corrected chi connectivity index (χ2v) is 3.94. The maximum absolute atomic E-state index is 5.05. The van der Waals surface area contributed by atoms with E-state index in [4.69, 9.17) is 4.18 Å². The van der Waals surface area contributed by atoms with E-state index in [0.717, 1.165) is 0 Å². The number of hydrogen-bond donors (Lipinski definition) is 0. The van der Waals surface area contributed by atoms with Gasteiger partial charge in [-0.15, -0.1) is 0 Å². The third-order valence-electron chi connectivity index (χ3n) is 1.09. The SMILES string of the molecule is C1=COSSCCCC1. The molecule has 0 aromatic rings. The molecular weight excluding hydrogens is 152 g/mol. The second kappa shape index (κ2) is 5.06. The van der Waals surface area contributed by atoms with Crippen molar-refractivity contribution in [2.24, 2.45) is 0 Å². The van der Waals surface area contributed by atoms with Gasteiger partial charge in [0.15, 0.2) is 0 Å². The average Bonchev–Trinajstić information content (AvgIpc) is 2.00. The molecule has 52 valence electrons. The molecular formula is C6H10OS2. The molecule has 1 nitrogen and oxygen atoms in total. The molecule has 0 saturated carbocycles. The van der Waals surface area contributed by atoms with Gasteiger partial charge in [0.2, 0.25) is 0 Å². The molecule has 1 aliphatic rings. The molecule has 0 unspecified atom stereocenters. The topological polar surface area (TPSA) is 9.23 Å². The highest BCUT2D eigenvalue weighted by molar-refractivity contribution is 8.74. The number of allylic oxidation sites excluding steroid dienone is 1. The Morgan fingerprint density at radius 3 is 3.33 bits per heavy atom. The van der Waals surface area contributed by atoms with Crippen molar-refractivity contribution >= 4 is 21.9 Å². The largest absolute Gasteiger partial charge is 0.422 e. The fourth-order valence-corrected chi connectivity index (χ4v) is 2.04. The van der Waals surface area contributed by atoms with Crippen molar-refractivity contribution in [3.8, 4) is 0 Å². The second-order valence-electron chi connectivity index (χ2n) is 1.85.